The molecule has 0 radical (unpaired) electrons. The third kappa shape index (κ3) is 3.05. The van der Waals surface area contributed by atoms with Crippen molar-refractivity contribution < 1.29 is 0 Å². The fourth-order valence-corrected chi connectivity index (χ4v) is 0.881. The van der Waals surface area contributed by atoms with E-state index < -0.39 is 0 Å². The standard InChI is InChI=1S/C10H16N6/c1-7(10(2,3)4)12-6-8(5-11)9-13-15-16-14-9/h6-7,12H,1-4H3,(H,13,14,15,16). The van der Waals surface area contributed by atoms with Gasteiger partial charge in [-0.3, -0.25) is 0 Å². The normalized spacial score (nSPS) is 14.3. The number of aromatic nitrogens is 4. The smallest absolute Gasteiger partial charge is 0.216 e. The van der Waals surface area contributed by atoms with Crippen molar-refractivity contribution in [3.63, 3.8) is 0 Å². The molecule has 6 nitrogen and oxygen atoms in total. The van der Waals surface area contributed by atoms with Crippen LogP contribution in [0.1, 0.15) is 33.5 Å². The van der Waals surface area contributed by atoms with Crippen LogP contribution in [0.5, 0.6) is 0 Å². The highest BCUT2D eigenvalue weighted by atomic mass is 15.5. The summed E-state index contributed by atoms with van der Waals surface area (Å²) in [5, 5.41) is 25.3. The second-order valence-electron chi connectivity index (χ2n) is 4.66. The Bertz CT molecular complexity index is 392. The van der Waals surface area contributed by atoms with Gasteiger partial charge in [0, 0.05) is 12.2 Å². The topological polar surface area (TPSA) is 90.3 Å². The molecule has 0 saturated carbocycles. The maximum absolute atomic E-state index is 8.93. The van der Waals surface area contributed by atoms with Crippen LogP contribution in [0, 0.1) is 16.7 Å². The number of hydrogen-bond donors (Lipinski definition) is 2. The molecule has 1 unspecified atom stereocenters. The lowest BCUT2D eigenvalue weighted by Gasteiger charge is -2.27. The Morgan fingerprint density at radius 1 is 1.56 bits per heavy atom. The van der Waals surface area contributed by atoms with E-state index in [4.69, 9.17) is 5.26 Å². The van der Waals surface area contributed by atoms with Crippen LogP contribution in [-0.2, 0) is 0 Å². The van der Waals surface area contributed by atoms with Crippen molar-refractivity contribution in [3.05, 3.63) is 12.0 Å². The summed E-state index contributed by atoms with van der Waals surface area (Å²) >= 11 is 0. The van der Waals surface area contributed by atoms with Gasteiger partial charge >= 0.3 is 0 Å². The molecule has 1 heterocycles. The van der Waals surface area contributed by atoms with Gasteiger partial charge in [-0.1, -0.05) is 20.8 Å². The lowest BCUT2D eigenvalue weighted by Crippen LogP contribution is -2.34. The molecule has 6 heteroatoms. The highest BCUT2D eigenvalue weighted by Gasteiger charge is 2.18. The molecule has 0 spiro atoms. The number of hydrogen-bond acceptors (Lipinski definition) is 5. The summed E-state index contributed by atoms with van der Waals surface area (Å²) in [4.78, 5) is 0. The van der Waals surface area contributed by atoms with Crippen molar-refractivity contribution in [2.45, 2.75) is 33.7 Å². The Morgan fingerprint density at radius 2 is 2.25 bits per heavy atom. The van der Waals surface area contributed by atoms with Gasteiger partial charge in [-0.05, 0) is 17.6 Å². The molecule has 0 aliphatic carbocycles. The molecule has 1 atom stereocenters. The molecule has 0 fully saturated rings. The number of nitrogens with zero attached hydrogens (tertiary/aromatic N) is 4. The Kier molecular flexibility index (Phi) is 3.61. The minimum Gasteiger partial charge on any atom is -0.387 e. The van der Waals surface area contributed by atoms with E-state index in [1.807, 2.05) is 6.07 Å². The van der Waals surface area contributed by atoms with Gasteiger partial charge in [0.2, 0.25) is 5.82 Å². The van der Waals surface area contributed by atoms with E-state index in [-0.39, 0.29) is 11.5 Å². The first-order valence-electron chi connectivity index (χ1n) is 5.05. The first-order chi connectivity index (χ1) is 7.45. The second kappa shape index (κ2) is 4.75. The Hall–Kier alpha value is -1.90. The summed E-state index contributed by atoms with van der Waals surface area (Å²) in [5.74, 6) is 0.302. The van der Waals surface area contributed by atoms with E-state index in [0.717, 1.165) is 0 Å². The highest BCUT2D eigenvalue weighted by molar-refractivity contribution is 5.71. The second-order valence-corrected chi connectivity index (χ2v) is 4.66. The molecule has 0 bridgehead atoms. The Balaban J connectivity index is 2.73. The van der Waals surface area contributed by atoms with Gasteiger partial charge in [0.05, 0.1) is 0 Å². The quantitative estimate of drug-likeness (QED) is 0.744. The van der Waals surface area contributed by atoms with Crippen LogP contribution in [0.2, 0.25) is 0 Å². The first kappa shape index (κ1) is 12.2. The summed E-state index contributed by atoms with van der Waals surface area (Å²) in [6.07, 6.45) is 1.63. The van der Waals surface area contributed by atoms with Crippen molar-refractivity contribution in [1.29, 1.82) is 5.26 Å². The van der Waals surface area contributed by atoms with Crippen LogP contribution in [-0.4, -0.2) is 26.7 Å². The SMILES string of the molecule is CC(NC=C(C#N)c1nn[nH]n1)C(C)(C)C. The minimum absolute atomic E-state index is 0.119. The van der Waals surface area contributed by atoms with Crippen molar-refractivity contribution >= 4 is 5.57 Å². The number of nitrogens with one attached hydrogen (secondary N) is 2. The summed E-state index contributed by atoms with van der Waals surface area (Å²) in [6, 6.07) is 2.26. The van der Waals surface area contributed by atoms with Gasteiger partial charge in [-0.25, -0.2) is 0 Å². The average Bonchev–Trinajstić information content (AvgIpc) is 2.70. The summed E-state index contributed by atoms with van der Waals surface area (Å²) in [5.41, 5.74) is 0.485. The van der Waals surface area contributed by atoms with E-state index in [1.54, 1.807) is 6.20 Å². The van der Waals surface area contributed by atoms with Crippen molar-refractivity contribution in [3.8, 4) is 6.07 Å². The third-order valence-corrected chi connectivity index (χ3v) is 2.48. The van der Waals surface area contributed by atoms with Crippen LogP contribution in [0.3, 0.4) is 0 Å². The van der Waals surface area contributed by atoms with Gasteiger partial charge in [-0.15, -0.1) is 10.2 Å². The first-order valence-corrected chi connectivity index (χ1v) is 5.05. The molecule has 86 valence electrons. The zero-order valence-electron chi connectivity index (χ0n) is 9.94. The summed E-state index contributed by atoms with van der Waals surface area (Å²) in [6.45, 7) is 8.43. The Labute approximate surface area is 94.7 Å². The van der Waals surface area contributed by atoms with Crippen molar-refractivity contribution in [2.75, 3.05) is 0 Å². The molecule has 2 N–H and O–H groups in total. The van der Waals surface area contributed by atoms with Crippen LogP contribution < -0.4 is 5.32 Å². The molecular formula is C10H16N6. The van der Waals surface area contributed by atoms with Gasteiger partial charge < -0.3 is 5.32 Å². The van der Waals surface area contributed by atoms with E-state index in [9.17, 15) is 0 Å². The summed E-state index contributed by atoms with van der Waals surface area (Å²) < 4.78 is 0. The highest BCUT2D eigenvalue weighted by Crippen LogP contribution is 2.18. The van der Waals surface area contributed by atoms with Crippen molar-refractivity contribution in [2.24, 2.45) is 5.41 Å². The molecule has 0 saturated heterocycles. The molecule has 0 amide bonds. The molecule has 0 aliphatic rings. The zero-order valence-corrected chi connectivity index (χ0v) is 9.94. The van der Waals surface area contributed by atoms with E-state index in [1.165, 1.54) is 0 Å². The maximum Gasteiger partial charge on any atom is 0.216 e. The largest absolute Gasteiger partial charge is 0.387 e. The number of H-pyrrole nitrogens is 1. The molecular weight excluding hydrogens is 204 g/mol. The number of rotatable bonds is 3. The van der Waals surface area contributed by atoms with E-state index >= 15 is 0 Å². The van der Waals surface area contributed by atoms with E-state index in [0.29, 0.717) is 11.4 Å². The maximum atomic E-state index is 8.93. The van der Waals surface area contributed by atoms with Crippen molar-refractivity contribution in [1.82, 2.24) is 25.9 Å². The Morgan fingerprint density at radius 3 is 2.69 bits per heavy atom. The van der Waals surface area contributed by atoms with Gasteiger partial charge in [0.15, 0.2) is 0 Å². The van der Waals surface area contributed by atoms with Crippen LogP contribution in [0.4, 0.5) is 0 Å². The molecule has 1 aromatic rings. The lowest BCUT2D eigenvalue weighted by atomic mass is 9.88. The number of aromatic amines is 1. The number of tetrazole rings is 1. The van der Waals surface area contributed by atoms with Gasteiger partial charge in [-0.2, -0.15) is 10.5 Å². The van der Waals surface area contributed by atoms with Crippen LogP contribution in [0.25, 0.3) is 5.57 Å². The molecule has 16 heavy (non-hydrogen) atoms. The molecule has 0 aromatic carbocycles. The van der Waals surface area contributed by atoms with E-state index in [2.05, 4.69) is 53.6 Å². The summed E-state index contributed by atoms with van der Waals surface area (Å²) in [7, 11) is 0. The monoisotopic (exact) mass is 220 g/mol. The fourth-order valence-electron chi connectivity index (χ4n) is 0.881. The van der Waals surface area contributed by atoms with Crippen LogP contribution >= 0.6 is 0 Å². The predicted octanol–water partition coefficient (Wildman–Crippen LogP) is 1.09. The van der Waals surface area contributed by atoms with Gasteiger partial charge in [0.25, 0.3) is 0 Å². The molecule has 1 aromatic heterocycles. The average molecular weight is 220 g/mol. The van der Waals surface area contributed by atoms with Gasteiger partial charge in [0.1, 0.15) is 11.6 Å². The van der Waals surface area contributed by atoms with Crippen LogP contribution in [0.15, 0.2) is 6.20 Å². The molecule has 1 rings (SSSR count). The minimum atomic E-state index is 0.119. The third-order valence-electron chi connectivity index (χ3n) is 2.48. The zero-order chi connectivity index (χ0) is 12.2. The number of allylic oxidation sites excluding steroid dienone is 1. The predicted molar refractivity (Wildman–Crippen MR) is 59.8 cm³/mol. The fraction of sp³-hybridized carbons (Fsp3) is 0.600. The number of nitriles is 1. The lowest BCUT2D eigenvalue weighted by molar-refractivity contribution is 0.309. The molecule has 0 aliphatic heterocycles.